The van der Waals surface area contributed by atoms with Crippen LogP contribution >= 0.6 is 0 Å². The molecular formula is C18H22N2O2. The predicted octanol–water partition coefficient (Wildman–Crippen LogP) is 2.75. The molecule has 0 heterocycles. The number of carbonyl (C=O) groups is 1. The van der Waals surface area contributed by atoms with Crippen LogP contribution < -0.4 is 5.32 Å². The van der Waals surface area contributed by atoms with E-state index in [9.17, 15) is 4.79 Å². The van der Waals surface area contributed by atoms with Crippen LogP contribution in [0.3, 0.4) is 0 Å². The van der Waals surface area contributed by atoms with E-state index in [1.807, 2.05) is 68.6 Å². The molecule has 0 aliphatic heterocycles. The Kier molecular flexibility index (Phi) is 5.69. The SMILES string of the molecule is CC(CO)N(C)Cc1ccc(C(=O)Nc2ccccc2)cc1. The lowest BCUT2D eigenvalue weighted by molar-refractivity contribution is 0.102. The van der Waals surface area contributed by atoms with Crippen molar-refractivity contribution in [2.45, 2.75) is 19.5 Å². The minimum atomic E-state index is -0.116. The number of hydrogen-bond donors (Lipinski definition) is 2. The lowest BCUT2D eigenvalue weighted by Crippen LogP contribution is -2.31. The Morgan fingerprint density at radius 3 is 2.36 bits per heavy atom. The van der Waals surface area contributed by atoms with Crippen molar-refractivity contribution in [3.8, 4) is 0 Å². The first kappa shape index (κ1) is 16.2. The zero-order valence-corrected chi connectivity index (χ0v) is 13.0. The van der Waals surface area contributed by atoms with Gasteiger partial charge in [0.25, 0.3) is 5.91 Å². The lowest BCUT2D eigenvalue weighted by atomic mass is 10.1. The molecule has 4 nitrogen and oxygen atoms in total. The molecule has 1 atom stereocenters. The molecule has 0 bridgehead atoms. The van der Waals surface area contributed by atoms with Crippen molar-refractivity contribution in [3.63, 3.8) is 0 Å². The Bertz CT molecular complexity index is 596. The van der Waals surface area contributed by atoms with E-state index in [2.05, 4.69) is 10.2 Å². The van der Waals surface area contributed by atoms with E-state index in [0.29, 0.717) is 5.56 Å². The first-order valence-electron chi connectivity index (χ1n) is 7.36. The van der Waals surface area contributed by atoms with E-state index in [0.717, 1.165) is 17.8 Å². The van der Waals surface area contributed by atoms with Gasteiger partial charge in [-0.2, -0.15) is 0 Å². The second kappa shape index (κ2) is 7.73. The molecule has 0 saturated carbocycles. The summed E-state index contributed by atoms with van der Waals surface area (Å²) in [6.07, 6.45) is 0. The van der Waals surface area contributed by atoms with Crippen LogP contribution in [0.15, 0.2) is 54.6 Å². The zero-order valence-electron chi connectivity index (χ0n) is 13.0. The van der Waals surface area contributed by atoms with Crippen molar-refractivity contribution in [2.24, 2.45) is 0 Å². The third kappa shape index (κ3) is 4.41. The van der Waals surface area contributed by atoms with Crippen molar-refractivity contribution >= 4 is 11.6 Å². The summed E-state index contributed by atoms with van der Waals surface area (Å²) in [5, 5.41) is 12.0. The van der Waals surface area contributed by atoms with Gasteiger partial charge in [0.05, 0.1) is 6.61 Å². The maximum atomic E-state index is 12.1. The largest absolute Gasteiger partial charge is 0.395 e. The first-order chi connectivity index (χ1) is 10.6. The van der Waals surface area contributed by atoms with Crippen LogP contribution in [-0.2, 0) is 6.54 Å². The number of aliphatic hydroxyl groups is 1. The number of likely N-dealkylation sites (N-methyl/N-ethyl adjacent to an activating group) is 1. The van der Waals surface area contributed by atoms with Crippen molar-refractivity contribution in [3.05, 3.63) is 65.7 Å². The van der Waals surface area contributed by atoms with E-state index >= 15 is 0 Å². The monoisotopic (exact) mass is 298 g/mol. The minimum absolute atomic E-state index is 0.112. The number of carbonyl (C=O) groups excluding carboxylic acids is 1. The van der Waals surface area contributed by atoms with Crippen molar-refractivity contribution in [2.75, 3.05) is 19.0 Å². The second-order valence-electron chi connectivity index (χ2n) is 5.46. The van der Waals surface area contributed by atoms with Gasteiger partial charge in [-0.15, -0.1) is 0 Å². The lowest BCUT2D eigenvalue weighted by Gasteiger charge is -2.22. The number of para-hydroxylation sites is 1. The number of amides is 1. The summed E-state index contributed by atoms with van der Waals surface area (Å²) in [7, 11) is 1.97. The summed E-state index contributed by atoms with van der Waals surface area (Å²) in [6, 6.07) is 17.1. The van der Waals surface area contributed by atoms with Crippen LogP contribution in [0.5, 0.6) is 0 Å². The molecule has 2 N–H and O–H groups in total. The van der Waals surface area contributed by atoms with Gasteiger partial charge >= 0.3 is 0 Å². The maximum absolute atomic E-state index is 12.1. The molecule has 0 aliphatic rings. The fourth-order valence-electron chi connectivity index (χ4n) is 2.07. The van der Waals surface area contributed by atoms with Crippen LogP contribution in [0.1, 0.15) is 22.8 Å². The van der Waals surface area contributed by atoms with E-state index in [-0.39, 0.29) is 18.6 Å². The van der Waals surface area contributed by atoms with E-state index in [4.69, 9.17) is 5.11 Å². The number of benzene rings is 2. The average molecular weight is 298 g/mol. The summed E-state index contributed by atoms with van der Waals surface area (Å²) in [5.41, 5.74) is 2.53. The summed E-state index contributed by atoms with van der Waals surface area (Å²) in [4.78, 5) is 14.2. The third-order valence-electron chi connectivity index (χ3n) is 3.70. The Morgan fingerprint density at radius 1 is 1.14 bits per heavy atom. The highest BCUT2D eigenvalue weighted by atomic mass is 16.3. The zero-order chi connectivity index (χ0) is 15.9. The van der Waals surface area contributed by atoms with Crippen LogP contribution in [0.25, 0.3) is 0 Å². The minimum Gasteiger partial charge on any atom is -0.395 e. The van der Waals surface area contributed by atoms with Gasteiger partial charge < -0.3 is 10.4 Å². The fraction of sp³-hybridized carbons (Fsp3) is 0.278. The smallest absolute Gasteiger partial charge is 0.255 e. The molecule has 0 fully saturated rings. The van der Waals surface area contributed by atoms with Gasteiger partial charge in [-0.3, -0.25) is 9.69 Å². The average Bonchev–Trinajstić information content (AvgIpc) is 2.55. The van der Waals surface area contributed by atoms with Gasteiger partial charge in [0.1, 0.15) is 0 Å². The fourth-order valence-corrected chi connectivity index (χ4v) is 2.07. The molecule has 0 radical (unpaired) electrons. The highest BCUT2D eigenvalue weighted by Crippen LogP contribution is 2.11. The van der Waals surface area contributed by atoms with Gasteiger partial charge in [-0.05, 0) is 43.8 Å². The Balaban J connectivity index is 1.98. The van der Waals surface area contributed by atoms with E-state index in [1.54, 1.807) is 0 Å². The quantitative estimate of drug-likeness (QED) is 0.862. The standard InChI is InChI=1S/C18H22N2O2/c1-14(13-21)20(2)12-15-8-10-16(11-9-15)18(22)19-17-6-4-3-5-7-17/h3-11,14,21H,12-13H2,1-2H3,(H,19,22). The molecule has 0 saturated heterocycles. The summed E-state index contributed by atoms with van der Waals surface area (Å²) in [5.74, 6) is -0.116. The molecular weight excluding hydrogens is 276 g/mol. The number of anilines is 1. The van der Waals surface area contributed by atoms with Crippen molar-refractivity contribution in [1.29, 1.82) is 0 Å². The third-order valence-corrected chi connectivity index (χ3v) is 3.70. The molecule has 2 rings (SSSR count). The molecule has 1 unspecified atom stereocenters. The van der Waals surface area contributed by atoms with Crippen molar-refractivity contribution < 1.29 is 9.90 Å². The predicted molar refractivity (Wildman–Crippen MR) is 88.9 cm³/mol. The highest BCUT2D eigenvalue weighted by Gasteiger charge is 2.09. The molecule has 1 amide bonds. The molecule has 2 aromatic carbocycles. The number of rotatable bonds is 6. The normalized spacial score (nSPS) is 12.2. The number of aliphatic hydroxyl groups excluding tert-OH is 1. The van der Waals surface area contributed by atoms with Gasteiger partial charge in [-0.1, -0.05) is 30.3 Å². The maximum Gasteiger partial charge on any atom is 0.255 e. The molecule has 0 aromatic heterocycles. The molecule has 4 heteroatoms. The molecule has 116 valence electrons. The number of nitrogens with one attached hydrogen (secondary N) is 1. The number of hydrogen-bond acceptors (Lipinski definition) is 3. The molecule has 2 aromatic rings. The molecule has 22 heavy (non-hydrogen) atoms. The van der Waals surface area contributed by atoms with Crippen LogP contribution in [0.2, 0.25) is 0 Å². The Hall–Kier alpha value is -2.17. The summed E-state index contributed by atoms with van der Waals surface area (Å²) >= 11 is 0. The molecule has 0 spiro atoms. The van der Waals surface area contributed by atoms with Crippen LogP contribution in [-0.4, -0.2) is 35.6 Å². The first-order valence-corrected chi connectivity index (χ1v) is 7.36. The summed E-state index contributed by atoms with van der Waals surface area (Å²) in [6.45, 7) is 2.85. The van der Waals surface area contributed by atoms with Gasteiger partial charge in [0.2, 0.25) is 0 Å². The number of nitrogens with zero attached hydrogens (tertiary/aromatic N) is 1. The second-order valence-corrected chi connectivity index (χ2v) is 5.46. The van der Waals surface area contributed by atoms with Crippen LogP contribution in [0.4, 0.5) is 5.69 Å². The Labute approximate surface area is 131 Å². The van der Waals surface area contributed by atoms with Crippen molar-refractivity contribution in [1.82, 2.24) is 4.90 Å². The van der Waals surface area contributed by atoms with Gasteiger partial charge in [0, 0.05) is 23.8 Å². The van der Waals surface area contributed by atoms with E-state index < -0.39 is 0 Å². The summed E-state index contributed by atoms with van der Waals surface area (Å²) < 4.78 is 0. The highest BCUT2D eigenvalue weighted by molar-refractivity contribution is 6.04. The molecule has 0 aliphatic carbocycles. The van der Waals surface area contributed by atoms with Gasteiger partial charge in [0.15, 0.2) is 0 Å². The van der Waals surface area contributed by atoms with Crippen LogP contribution in [0, 0.1) is 0 Å². The van der Waals surface area contributed by atoms with Gasteiger partial charge in [-0.25, -0.2) is 0 Å². The Morgan fingerprint density at radius 2 is 1.77 bits per heavy atom. The topological polar surface area (TPSA) is 52.6 Å². The van der Waals surface area contributed by atoms with E-state index in [1.165, 1.54) is 0 Å².